The third-order valence-corrected chi connectivity index (χ3v) is 5.74. The van der Waals surface area contributed by atoms with Crippen LogP contribution < -0.4 is 5.32 Å². The number of amides is 2. The molecule has 0 radical (unpaired) electrons. The van der Waals surface area contributed by atoms with Crippen LogP contribution in [0.2, 0.25) is 0 Å². The minimum atomic E-state index is -0.125. The summed E-state index contributed by atoms with van der Waals surface area (Å²) in [6, 6.07) is 9.11. The molecule has 1 aromatic heterocycles. The average molecular weight is 398 g/mol. The molecule has 4 rings (SSSR count). The van der Waals surface area contributed by atoms with Crippen LogP contribution in [0.25, 0.3) is 0 Å². The molecule has 29 heavy (non-hydrogen) atoms. The second-order valence-electron chi connectivity index (χ2n) is 7.73. The van der Waals surface area contributed by atoms with Crippen molar-refractivity contribution in [2.45, 2.75) is 25.7 Å². The number of carbonyl (C=O) groups excluding carboxylic acids is 2. The molecule has 2 aliphatic rings. The molecule has 8 nitrogen and oxygen atoms in total. The van der Waals surface area contributed by atoms with E-state index in [2.05, 4.69) is 15.5 Å². The highest BCUT2D eigenvalue weighted by Gasteiger charge is 2.41. The number of aryl methyl sites for hydroxylation is 1. The molecule has 8 heteroatoms. The van der Waals surface area contributed by atoms with E-state index < -0.39 is 0 Å². The molecule has 0 unspecified atom stereocenters. The molecule has 2 aliphatic heterocycles. The quantitative estimate of drug-likeness (QED) is 0.825. The molecule has 0 aliphatic carbocycles. The Morgan fingerprint density at radius 2 is 1.90 bits per heavy atom. The number of likely N-dealkylation sites (tertiary alicyclic amines) is 1. The van der Waals surface area contributed by atoms with Gasteiger partial charge in [-0.15, -0.1) is 10.2 Å². The Kier molecular flexibility index (Phi) is 5.89. The third-order valence-electron chi connectivity index (χ3n) is 5.74. The highest BCUT2D eigenvalue weighted by Crippen LogP contribution is 2.33. The van der Waals surface area contributed by atoms with Crippen molar-refractivity contribution in [1.29, 1.82) is 0 Å². The van der Waals surface area contributed by atoms with Crippen LogP contribution in [0, 0.1) is 18.8 Å². The Bertz CT molecular complexity index is 847. The smallest absolute Gasteiger partial charge is 0.251 e. The van der Waals surface area contributed by atoms with Crippen molar-refractivity contribution in [3.8, 4) is 0 Å². The first kappa shape index (κ1) is 19.6. The lowest BCUT2D eigenvalue weighted by atomic mass is 9.96. The van der Waals surface area contributed by atoms with E-state index in [1.54, 1.807) is 19.1 Å². The van der Waals surface area contributed by atoms with E-state index in [-0.39, 0.29) is 29.6 Å². The molecule has 0 bridgehead atoms. The van der Waals surface area contributed by atoms with E-state index >= 15 is 0 Å². The van der Waals surface area contributed by atoms with Crippen molar-refractivity contribution in [1.82, 2.24) is 20.4 Å². The Balaban J connectivity index is 1.45. The maximum absolute atomic E-state index is 13.0. The monoisotopic (exact) mass is 398 g/mol. The highest BCUT2D eigenvalue weighted by atomic mass is 16.5. The lowest BCUT2D eigenvalue weighted by Crippen LogP contribution is -2.38. The van der Waals surface area contributed by atoms with Crippen molar-refractivity contribution in [3.05, 3.63) is 47.7 Å². The maximum atomic E-state index is 13.0. The van der Waals surface area contributed by atoms with Gasteiger partial charge in [-0.25, -0.2) is 0 Å². The first-order valence-corrected chi connectivity index (χ1v) is 10.1. The molecule has 3 heterocycles. The van der Waals surface area contributed by atoms with Gasteiger partial charge in [-0.1, -0.05) is 18.2 Å². The Labute approximate surface area is 169 Å². The van der Waals surface area contributed by atoms with E-state index in [9.17, 15) is 9.59 Å². The van der Waals surface area contributed by atoms with Gasteiger partial charge in [-0.05, 0) is 25.0 Å². The van der Waals surface area contributed by atoms with Crippen molar-refractivity contribution in [2.75, 3.05) is 32.8 Å². The van der Waals surface area contributed by atoms with Crippen LogP contribution >= 0.6 is 0 Å². The summed E-state index contributed by atoms with van der Waals surface area (Å²) in [5, 5.41) is 11.1. The summed E-state index contributed by atoms with van der Waals surface area (Å²) in [4.78, 5) is 27.3. The van der Waals surface area contributed by atoms with E-state index in [4.69, 9.17) is 9.15 Å². The number of nitrogens with zero attached hydrogens (tertiary/aromatic N) is 3. The summed E-state index contributed by atoms with van der Waals surface area (Å²) in [5.41, 5.74) is 0.616. The van der Waals surface area contributed by atoms with Gasteiger partial charge < -0.3 is 19.4 Å². The SMILES string of the molecule is Cc1nnc([C@H]2CN(C(=O)C3CCOCC3)C[C@@H]2CNC(=O)c2ccccc2)o1. The predicted molar refractivity (Wildman–Crippen MR) is 104 cm³/mol. The van der Waals surface area contributed by atoms with Crippen LogP contribution in [0.1, 0.15) is 40.9 Å². The topological polar surface area (TPSA) is 97.6 Å². The largest absolute Gasteiger partial charge is 0.425 e. The van der Waals surface area contributed by atoms with Gasteiger partial charge in [0.2, 0.25) is 17.7 Å². The van der Waals surface area contributed by atoms with Gasteiger partial charge in [0, 0.05) is 57.2 Å². The molecular weight excluding hydrogens is 372 g/mol. The maximum Gasteiger partial charge on any atom is 0.251 e. The molecule has 0 spiro atoms. The minimum absolute atomic E-state index is 0.00600. The van der Waals surface area contributed by atoms with Crippen LogP contribution in [0.4, 0.5) is 0 Å². The van der Waals surface area contributed by atoms with E-state index in [1.165, 1.54) is 0 Å². The Morgan fingerprint density at radius 3 is 2.59 bits per heavy atom. The zero-order valence-corrected chi connectivity index (χ0v) is 16.5. The summed E-state index contributed by atoms with van der Waals surface area (Å²) in [6.07, 6.45) is 1.52. The normalized spacial score (nSPS) is 22.6. The molecule has 2 saturated heterocycles. The van der Waals surface area contributed by atoms with Gasteiger partial charge in [0.05, 0.1) is 5.92 Å². The summed E-state index contributed by atoms with van der Waals surface area (Å²) in [5.74, 6) is 1.01. The van der Waals surface area contributed by atoms with Gasteiger partial charge >= 0.3 is 0 Å². The van der Waals surface area contributed by atoms with E-state index in [1.807, 2.05) is 23.1 Å². The zero-order valence-electron chi connectivity index (χ0n) is 16.5. The molecule has 1 aromatic carbocycles. The van der Waals surface area contributed by atoms with Crippen LogP contribution in [-0.2, 0) is 9.53 Å². The van der Waals surface area contributed by atoms with Gasteiger partial charge in [0.15, 0.2) is 0 Å². The third kappa shape index (κ3) is 4.48. The van der Waals surface area contributed by atoms with Gasteiger partial charge in [0.1, 0.15) is 0 Å². The predicted octanol–water partition coefficient (Wildman–Crippen LogP) is 1.78. The Morgan fingerprint density at radius 1 is 1.14 bits per heavy atom. The molecule has 2 amide bonds. The first-order valence-electron chi connectivity index (χ1n) is 10.1. The van der Waals surface area contributed by atoms with Crippen molar-refractivity contribution in [2.24, 2.45) is 11.8 Å². The lowest BCUT2D eigenvalue weighted by Gasteiger charge is -2.26. The van der Waals surface area contributed by atoms with E-state index in [0.717, 1.165) is 12.8 Å². The standard InChI is InChI=1S/C21H26N4O4/c1-14-23-24-20(29-14)18-13-25(21(27)16-7-9-28-10-8-16)12-17(18)11-22-19(26)15-5-3-2-4-6-15/h2-6,16-18H,7-13H2,1H3,(H,22,26)/t17-,18-/m0/s1. The molecule has 2 fully saturated rings. The molecule has 2 atom stereocenters. The first-order chi connectivity index (χ1) is 14.1. The Hall–Kier alpha value is -2.74. The second-order valence-corrected chi connectivity index (χ2v) is 7.73. The number of aromatic nitrogens is 2. The van der Waals surface area contributed by atoms with Crippen LogP contribution in [0.3, 0.4) is 0 Å². The molecule has 154 valence electrons. The number of hydrogen-bond donors (Lipinski definition) is 1. The number of rotatable bonds is 5. The fourth-order valence-corrected chi connectivity index (χ4v) is 4.12. The second kappa shape index (κ2) is 8.73. The van der Waals surface area contributed by atoms with Crippen LogP contribution in [0.5, 0.6) is 0 Å². The van der Waals surface area contributed by atoms with Crippen molar-refractivity contribution in [3.63, 3.8) is 0 Å². The zero-order chi connectivity index (χ0) is 20.2. The number of ether oxygens (including phenoxy) is 1. The molecular formula is C21H26N4O4. The number of nitrogens with one attached hydrogen (secondary N) is 1. The highest BCUT2D eigenvalue weighted by molar-refractivity contribution is 5.94. The van der Waals surface area contributed by atoms with Gasteiger partial charge in [-0.3, -0.25) is 9.59 Å². The van der Waals surface area contributed by atoms with Gasteiger partial charge in [-0.2, -0.15) is 0 Å². The van der Waals surface area contributed by atoms with Crippen LogP contribution in [-0.4, -0.2) is 59.8 Å². The molecule has 0 saturated carbocycles. The fourth-order valence-electron chi connectivity index (χ4n) is 4.12. The summed E-state index contributed by atoms with van der Waals surface area (Å²) >= 11 is 0. The fraction of sp³-hybridized carbons (Fsp3) is 0.524. The minimum Gasteiger partial charge on any atom is -0.425 e. The lowest BCUT2D eigenvalue weighted by molar-refractivity contribution is -0.137. The number of carbonyl (C=O) groups is 2. The van der Waals surface area contributed by atoms with Crippen molar-refractivity contribution < 1.29 is 18.7 Å². The summed E-state index contributed by atoms with van der Waals surface area (Å²) in [7, 11) is 0. The van der Waals surface area contributed by atoms with Crippen LogP contribution in [0.15, 0.2) is 34.7 Å². The number of hydrogen-bond acceptors (Lipinski definition) is 6. The molecule has 2 aromatic rings. The van der Waals surface area contributed by atoms with Crippen molar-refractivity contribution >= 4 is 11.8 Å². The summed E-state index contributed by atoms with van der Waals surface area (Å²) in [6.45, 7) is 4.56. The molecule has 1 N–H and O–H groups in total. The average Bonchev–Trinajstić information content (AvgIpc) is 3.39. The number of benzene rings is 1. The van der Waals surface area contributed by atoms with E-state index in [0.29, 0.717) is 50.2 Å². The summed E-state index contributed by atoms with van der Waals surface area (Å²) < 4.78 is 11.1. The van der Waals surface area contributed by atoms with Gasteiger partial charge in [0.25, 0.3) is 5.91 Å².